The van der Waals surface area contributed by atoms with Gasteiger partial charge in [0.25, 0.3) is 5.91 Å². The average molecular weight is 1040 g/mol. The van der Waals surface area contributed by atoms with Crippen molar-refractivity contribution in [2.45, 2.75) is 51.4 Å². The number of carboxylic acids is 1. The number of nitriles is 2. The Labute approximate surface area is 423 Å². The number of rotatable bonds is 31. The Bertz CT molecular complexity index is 2110. The van der Waals surface area contributed by atoms with E-state index in [1.54, 1.807) is 46.2 Å². The first-order valence-electron chi connectivity index (χ1n) is 22.1. The van der Waals surface area contributed by atoms with E-state index in [-0.39, 0.29) is 11.1 Å². The zero-order valence-corrected chi connectivity index (χ0v) is 43.8. The van der Waals surface area contributed by atoms with Gasteiger partial charge in [-0.25, -0.2) is 4.79 Å². The summed E-state index contributed by atoms with van der Waals surface area (Å²) in [6.45, 7) is 5.82. The Kier molecular flexibility index (Phi) is 32.9. The molecule has 0 radical (unpaired) electrons. The van der Waals surface area contributed by atoms with Gasteiger partial charge >= 0.3 is 5.97 Å². The van der Waals surface area contributed by atoms with Crippen LogP contribution in [0.2, 0.25) is 0 Å². The molecule has 1 amide bonds. The maximum absolute atomic E-state index is 12.3. The Balaban J connectivity index is 0.000000384. The molecule has 13 nitrogen and oxygen atoms in total. The molecule has 368 valence electrons. The number of hydrogen-bond donors (Lipinski definition) is 3. The molecule has 4 heterocycles. The molecule has 0 unspecified atom stereocenters. The van der Waals surface area contributed by atoms with E-state index >= 15 is 0 Å². The van der Waals surface area contributed by atoms with E-state index in [1.165, 1.54) is 40.1 Å². The molecule has 0 fully saturated rings. The number of halogens is 2. The monoisotopic (exact) mass is 1040 g/mol. The van der Waals surface area contributed by atoms with Crippen LogP contribution in [0.25, 0.3) is 31.7 Å². The zero-order chi connectivity index (χ0) is 49.1. The minimum atomic E-state index is -1.20. The lowest BCUT2D eigenvalue weighted by molar-refractivity contribution is -0.132. The maximum atomic E-state index is 12.3. The van der Waals surface area contributed by atoms with Gasteiger partial charge in [0, 0.05) is 95.5 Å². The third kappa shape index (κ3) is 25.9. The molecule has 19 heteroatoms. The molecular weight excluding hydrogens is 972 g/mol. The van der Waals surface area contributed by atoms with Crippen molar-refractivity contribution >= 4 is 103 Å². The summed E-state index contributed by atoms with van der Waals surface area (Å²) < 4.78 is 21.5. The quantitative estimate of drug-likeness (QED) is 0.0188. The predicted octanol–water partition coefficient (Wildman–Crippen LogP) is 10.7. The zero-order valence-electron chi connectivity index (χ0n) is 39.1. The lowest BCUT2D eigenvalue weighted by Crippen LogP contribution is -2.28. The largest absolute Gasteiger partial charge is 0.477 e. The fraction of sp³-hybridized carbons (Fsp3) is 0.500. The number of nitrogens with zero attached hydrogens (tertiary/aromatic N) is 4. The van der Waals surface area contributed by atoms with Gasteiger partial charge in [0.2, 0.25) is 0 Å². The molecule has 4 N–H and O–H groups in total. The van der Waals surface area contributed by atoms with Crippen molar-refractivity contribution in [3.63, 3.8) is 0 Å². The van der Waals surface area contributed by atoms with Crippen molar-refractivity contribution in [3.8, 4) is 31.6 Å². The highest BCUT2D eigenvalue weighted by molar-refractivity contribution is 7.25. The molecule has 0 atom stereocenters. The van der Waals surface area contributed by atoms with Gasteiger partial charge < -0.3 is 44.9 Å². The second-order valence-corrected chi connectivity index (χ2v) is 19.9. The molecule has 4 aromatic rings. The van der Waals surface area contributed by atoms with E-state index in [2.05, 4.69) is 22.3 Å². The van der Waals surface area contributed by atoms with Crippen LogP contribution in [0, 0.1) is 22.7 Å². The summed E-state index contributed by atoms with van der Waals surface area (Å²) in [6, 6.07) is 19.7. The summed E-state index contributed by atoms with van der Waals surface area (Å²) in [4.78, 5) is 33.4. The van der Waals surface area contributed by atoms with Gasteiger partial charge in [-0.3, -0.25) is 4.79 Å². The van der Waals surface area contributed by atoms with Crippen molar-refractivity contribution in [2.75, 3.05) is 116 Å². The first-order chi connectivity index (χ1) is 32.5. The third-order valence-corrected chi connectivity index (χ3v) is 14.5. The summed E-state index contributed by atoms with van der Waals surface area (Å²) in [5.74, 6) is -0.100. The average Bonchev–Trinajstić information content (AvgIpc) is 4.17. The van der Waals surface area contributed by atoms with Crippen molar-refractivity contribution in [3.05, 3.63) is 69.4 Å². The number of carboxylic acid groups (broad SMARTS) is 1. The molecule has 0 saturated carbocycles. The van der Waals surface area contributed by atoms with Gasteiger partial charge in [0.1, 0.15) is 23.3 Å². The topological polar surface area (TPSA) is 183 Å². The summed E-state index contributed by atoms with van der Waals surface area (Å²) in [6.07, 6.45) is 12.0. The highest BCUT2D eigenvalue weighted by Crippen LogP contribution is 2.38. The van der Waals surface area contributed by atoms with Gasteiger partial charge in [0.05, 0.1) is 49.6 Å². The lowest BCUT2D eigenvalue weighted by Gasteiger charge is -2.07. The lowest BCUT2D eigenvalue weighted by atomic mass is 10.2. The van der Waals surface area contributed by atoms with Gasteiger partial charge in [-0.1, -0.05) is 25.7 Å². The van der Waals surface area contributed by atoms with Crippen LogP contribution in [0.15, 0.2) is 59.7 Å². The molecule has 4 rings (SSSR count). The Morgan fingerprint density at radius 3 is 1.40 bits per heavy atom. The number of anilines is 2. The van der Waals surface area contributed by atoms with E-state index in [1.807, 2.05) is 75.6 Å². The maximum Gasteiger partial charge on any atom is 0.346 e. The number of carbonyl (C=O) groups is 2. The van der Waals surface area contributed by atoms with Crippen LogP contribution in [-0.2, 0) is 28.5 Å². The number of thiophene rings is 4. The van der Waals surface area contributed by atoms with E-state index in [4.69, 9.17) is 58.3 Å². The van der Waals surface area contributed by atoms with Crippen LogP contribution in [-0.4, -0.2) is 123 Å². The third-order valence-electron chi connectivity index (χ3n) is 8.98. The number of nitrogens with one attached hydrogen (secondary N) is 1. The van der Waals surface area contributed by atoms with Crippen LogP contribution < -0.4 is 20.9 Å². The Hall–Kier alpha value is -3.82. The van der Waals surface area contributed by atoms with E-state index in [0.29, 0.717) is 52.7 Å². The second kappa shape index (κ2) is 37.1. The molecule has 0 spiro atoms. The second-order valence-electron chi connectivity index (χ2n) is 14.8. The fourth-order valence-corrected chi connectivity index (χ4v) is 9.78. The van der Waals surface area contributed by atoms with Crippen LogP contribution in [0.3, 0.4) is 0 Å². The number of carbonyl (C=O) groups excluding carboxylic acids is 1. The fourth-order valence-electron chi connectivity index (χ4n) is 5.47. The SMILES string of the molecule is CN(C)c1ccc(-c2ccc(/C=C(\C#N)C(=O)NCCOCCOCCCCCCCl)s2)s1.CN(C)c1ccc(-c2ccc(/C=C(\C#N)C(=O)O)s2)s1.NCCOCCOCCCCCCCl. The molecule has 0 saturated heterocycles. The summed E-state index contributed by atoms with van der Waals surface area (Å²) in [5.41, 5.74) is 5.09. The summed E-state index contributed by atoms with van der Waals surface area (Å²) in [7, 11) is 8.01. The van der Waals surface area contributed by atoms with Crippen LogP contribution in [0.4, 0.5) is 10.0 Å². The number of unbranched alkanes of at least 4 members (excludes halogenated alkanes) is 6. The van der Waals surface area contributed by atoms with E-state index < -0.39 is 11.9 Å². The first-order valence-corrected chi connectivity index (χ1v) is 26.4. The van der Waals surface area contributed by atoms with E-state index in [9.17, 15) is 14.9 Å². The number of hydrogen-bond acceptors (Lipinski definition) is 15. The predicted molar refractivity (Wildman–Crippen MR) is 282 cm³/mol. The van der Waals surface area contributed by atoms with E-state index in [0.717, 1.165) is 92.9 Å². The Morgan fingerprint density at radius 1 is 0.597 bits per heavy atom. The minimum absolute atomic E-state index is 0.0843. The minimum Gasteiger partial charge on any atom is -0.477 e. The standard InChI is InChI=1S/C24H32ClN3O3S2.C14H12N2O2S2.C10H22ClNO2/c1-28(2)23-10-9-22(33-23)21-8-7-20(32-21)17-19(18-26)24(29)27-12-14-31-16-15-30-13-6-4-3-5-11-25;1-16(2)13-6-5-12(20-13)11-4-3-10(19-11)7-9(8-15)14(17)18;11-5-3-1-2-4-7-13-9-10-14-8-6-12/h7-10,17H,3-6,11-16H2,1-2H3,(H,27,29);3-7H,1-2H3,(H,17,18);1-10,12H2/b19-17+;9-7+;. The van der Waals surface area contributed by atoms with Gasteiger partial charge in [0.15, 0.2) is 0 Å². The molecular formula is C48H66Cl2N6O7S4. The number of alkyl halides is 2. The number of nitrogens with two attached hydrogens (primary N) is 1. The molecule has 4 aromatic heterocycles. The van der Waals surface area contributed by atoms with Gasteiger partial charge in [-0.15, -0.1) is 68.5 Å². The highest BCUT2D eigenvalue weighted by Gasteiger charge is 2.12. The molecule has 0 aliphatic heterocycles. The van der Waals surface area contributed by atoms with Crippen molar-refractivity contribution in [2.24, 2.45) is 5.73 Å². The summed E-state index contributed by atoms with van der Waals surface area (Å²) >= 11 is 17.6. The number of ether oxygens (including phenoxy) is 4. The number of amides is 1. The van der Waals surface area contributed by atoms with Crippen molar-refractivity contribution in [1.82, 2.24) is 5.32 Å². The normalized spacial score (nSPS) is 11.2. The molecule has 0 aliphatic rings. The van der Waals surface area contributed by atoms with Crippen LogP contribution in [0.5, 0.6) is 0 Å². The molecule has 0 aromatic carbocycles. The summed E-state index contributed by atoms with van der Waals surface area (Å²) in [5, 5.41) is 32.1. The highest BCUT2D eigenvalue weighted by atomic mass is 35.5. The van der Waals surface area contributed by atoms with Gasteiger partial charge in [-0.05, 0) is 86.4 Å². The van der Waals surface area contributed by atoms with Crippen LogP contribution >= 0.6 is 68.5 Å². The smallest absolute Gasteiger partial charge is 0.346 e. The van der Waals surface area contributed by atoms with Crippen molar-refractivity contribution < 1.29 is 33.6 Å². The van der Waals surface area contributed by atoms with Crippen LogP contribution in [0.1, 0.15) is 61.1 Å². The molecule has 67 heavy (non-hydrogen) atoms. The van der Waals surface area contributed by atoms with Gasteiger partial charge in [-0.2, -0.15) is 10.5 Å². The van der Waals surface area contributed by atoms with Crippen molar-refractivity contribution in [1.29, 1.82) is 10.5 Å². The Morgan fingerprint density at radius 2 is 1.00 bits per heavy atom. The first kappa shape index (κ1) is 59.3. The molecule has 0 aliphatic carbocycles. The number of aliphatic carboxylic acids is 1. The molecule has 0 bridgehead atoms.